The van der Waals surface area contributed by atoms with Crippen LogP contribution >= 0.6 is 12.2 Å². The molecular weight excluding hydrogens is 500 g/mol. The molecule has 192 valence electrons. The average molecular weight is 527 g/mol. The molecule has 2 aliphatic heterocycles. The van der Waals surface area contributed by atoms with E-state index in [0.717, 1.165) is 34.0 Å². The molecule has 2 atom stereocenters. The number of benzene rings is 2. The monoisotopic (exact) mass is 526 g/mol. The topological polar surface area (TPSA) is 77.9 Å². The van der Waals surface area contributed by atoms with Crippen LogP contribution in [-0.4, -0.2) is 34.5 Å². The number of methoxy groups -OCH3 is 1. The maximum atomic E-state index is 12.2. The Morgan fingerprint density at radius 2 is 1.87 bits per heavy atom. The number of nitrogens with one attached hydrogen (secondary N) is 1. The summed E-state index contributed by atoms with van der Waals surface area (Å²) in [7, 11) is 1.39. The number of anilines is 1. The Kier molecular flexibility index (Phi) is 6.00. The van der Waals surface area contributed by atoms with E-state index >= 15 is 0 Å². The highest BCUT2D eigenvalue weighted by Crippen LogP contribution is 2.46. The smallest absolute Gasteiger partial charge is 0.337 e. The second-order valence-corrected chi connectivity index (χ2v) is 9.62. The van der Waals surface area contributed by atoms with E-state index in [1.807, 2.05) is 54.6 Å². The maximum absolute atomic E-state index is 12.2. The molecule has 0 bridgehead atoms. The molecule has 0 unspecified atom stereocenters. The first-order chi connectivity index (χ1) is 18.5. The Bertz CT molecular complexity index is 1550. The second-order valence-electron chi connectivity index (χ2n) is 9.24. The SMILES string of the molecule is COC(=O)c1cccc(-n2c(C)cc([C@H]3[C@H](c4ccccn4)NC(=S)N3c3ccc4c(c3)OCO4)c2C)c1. The van der Waals surface area contributed by atoms with Gasteiger partial charge in [-0.3, -0.25) is 4.98 Å². The van der Waals surface area contributed by atoms with Crippen LogP contribution in [0.5, 0.6) is 11.5 Å². The van der Waals surface area contributed by atoms with Crippen LogP contribution in [0.2, 0.25) is 0 Å². The number of hydrogen-bond acceptors (Lipinski definition) is 6. The van der Waals surface area contributed by atoms with Crippen molar-refractivity contribution in [2.75, 3.05) is 18.8 Å². The molecule has 0 aliphatic carbocycles. The third-order valence-corrected chi connectivity index (χ3v) is 7.36. The van der Waals surface area contributed by atoms with E-state index in [-0.39, 0.29) is 24.8 Å². The average Bonchev–Trinajstić information content (AvgIpc) is 3.63. The minimum absolute atomic E-state index is 0.190. The fourth-order valence-electron chi connectivity index (χ4n) is 5.36. The molecule has 0 amide bonds. The minimum Gasteiger partial charge on any atom is -0.465 e. The Morgan fingerprint density at radius 1 is 1.03 bits per heavy atom. The largest absolute Gasteiger partial charge is 0.465 e. The molecule has 6 rings (SSSR count). The molecule has 1 saturated heterocycles. The van der Waals surface area contributed by atoms with Gasteiger partial charge in [0.2, 0.25) is 6.79 Å². The fraction of sp³-hybridized carbons (Fsp3) is 0.207. The van der Waals surface area contributed by atoms with E-state index in [9.17, 15) is 4.79 Å². The van der Waals surface area contributed by atoms with Crippen molar-refractivity contribution in [2.24, 2.45) is 0 Å². The van der Waals surface area contributed by atoms with Gasteiger partial charge in [-0.05, 0) is 80.2 Å². The number of carbonyl (C=O) groups is 1. The first-order valence-electron chi connectivity index (χ1n) is 12.2. The molecule has 2 aliphatic rings. The predicted octanol–water partition coefficient (Wildman–Crippen LogP) is 5.18. The molecule has 4 aromatic rings. The molecule has 38 heavy (non-hydrogen) atoms. The Balaban J connectivity index is 1.49. The molecule has 9 heteroatoms. The van der Waals surface area contributed by atoms with Crippen molar-refractivity contribution in [3.8, 4) is 17.2 Å². The van der Waals surface area contributed by atoms with Gasteiger partial charge in [0.15, 0.2) is 16.6 Å². The lowest BCUT2D eigenvalue weighted by atomic mass is 9.96. The quantitative estimate of drug-likeness (QED) is 0.282. The van der Waals surface area contributed by atoms with Crippen LogP contribution in [0, 0.1) is 13.8 Å². The summed E-state index contributed by atoms with van der Waals surface area (Å²) in [5.74, 6) is 1.04. The summed E-state index contributed by atoms with van der Waals surface area (Å²) in [6, 6.07) is 21.0. The van der Waals surface area contributed by atoms with Crippen molar-refractivity contribution in [1.29, 1.82) is 0 Å². The number of nitrogens with zero attached hydrogens (tertiary/aromatic N) is 3. The molecule has 0 spiro atoms. The van der Waals surface area contributed by atoms with Gasteiger partial charge >= 0.3 is 5.97 Å². The normalized spacial score (nSPS) is 18.0. The van der Waals surface area contributed by atoms with E-state index in [1.54, 1.807) is 12.3 Å². The molecule has 2 aromatic carbocycles. The van der Waals surface area contributed by atoms with Gasteiger partial charge in [0.25, 0.3) is 0 Å². The number of carbonyl (C=O) groups excluding carboxylic acids is 1. The standard InChI is InChI=1S/C29H26N4O4S/c1-17-13-22(18(2)32(17)20-8-6-7-19(14-20)28(34)35-3)27-26(23-9-4-5-12-30-23)31-29(38)33(27)21-10-11-24-25(15-21)37-16-36-24/h4-15,26-27H,16H2,1-3H3,(H,31,38)/t26-,27-/m0/s1. The van der Waals surface area contributed by atoms with E-state index in [4.69, 9.17) is 26.4 Å². The van der Waals surface area contributed by atoms with Gasteiger partial charge in [0.1, 0.15) is 0 Å². The number of ether oxygens (including phenoxy) is 3. The van der Waals surface area contributed by atoms with Crippen LogP contribution in [-0.2, 0) is 4.74 Å². The summed E-state index contributed by atoms with van der Waals surface area (Å²) in [6.07, 6.45) is 1.79. The number of pyridine rings is 1. The third-order valence-electron chi connectivity index (χ3n) is 7.05. The summed E-state index contributed by atoms with van der Waals surface area (Å²) in [6.45, 7) is 4.35. The third kappa shape index (κ3) is 3.95. The highest BCUT2D eigenvalue weighted by atomic mass is 32.1. The molecule has 1 N–H and O–H groups in total. The van der Waals surface area contributed by atoms with Crippen LogP contribution in [0.25, 0.3) is 5.69 Å². The van der Waals surface area contributed by atoms with E-state index in [2.05, 4.69) is 39.7 Å². The molecule has 2 aromatic heterocycles. The van der Waals surface area contributed by atoms with Crippen molar-refractivity contribution in [3.63, 3.8) is 0 Å². The van der Waals surface area contributed by atoms with E-state index < -0.39 is 0 Å². The summed E-state index contributed by atoms with van der Waals surface area (Å²) < 4.78 is 18.3. The Labute approximate surface area is 225 Å². The second kappa shape index (κ2) is 9.50. The van der Waals surface area contributed by atoms with Crippen molar-refractivity contribution in [2.45, 2.75) is 25.9 Å². The lowest BCUT2D eigenvalue weighted by molar-refractivity contribution is 0.0600. The zero-order valence-electron chi connectivity index (χ0n) is 21.2. The number of fused-ring (bicyclic) bond motifs is 1. The first-order valence-corrected chi connectivity index (χ1v) is 12.6. The molecule has 4 heterocycles. The Hall–Kier alpha value is -4.37. The maximum Gasteiger partial charge on any atom is 0.337 e. The summed E-state index contributed by atoms with van der Waals surface area (Å²) in [5, 5.41) is 4.11. The predicted molar refractivity (Wildman–Crippen MR) is 147 cm³/mol. The minimum atomic E-state index is -0.371. The van der Waals surface area contributed by atoms with Gasteiger partial charge in [-0.1, -0.05) is 12.1 Å². The van der Waals surface area contributed by atoms with Crippen molar-refractivity contribution >= 4 is 29.0 Å². The lowest BCUT2D eigenvalue weighted by Crippen LogP contribution is -2.29. The van der Waals surface area contributed by atoms with Gasteiger partial charge in [-0.25, -0.2) is 4.79 Å². The molecule has 0 saturated carbocycles. The first kappa shape index (κ1) is 24.0. The number of esters is 1. The number of aryl methyl sites for hydroxylation is 1. The summed E-state index contributed by atoms with van der Waals surface area (Å²) >= 11 is 5.90. The van der Waals surface area contributed by atoms with Gasteiger partial charge in [0, 0.05) is 35.0 Å². The zero-order chi connectivity index (χ0) is 26.4. The lowest BCUT2D eigenvalue weighted by Gasteiger charge is -2.28. The van der Waals surface area contributed by atoms with Crippen molar-refractivity contribution in [3.05, 3.63) is 101 Å². The van der Waals surface area contributed by atoms with Crippen LogP contribution in [0.3, 0.4) is 0 Å². The van der Waals surface area contributed by atoms with E-state index in [0.29, 0.717) is 22.2 Å². The van der Waals surface area contributed by atoms with Gasteiger partial charge < -0.3 is 29.0 Å². The molecule has 1 fully saturated rings. The summed E-state index contributed by atoms with van der Waals surface area (Å²) in [4.78, 5) is 19.0. The number of aromatic nitrogens is 2. The molecular formula is C29H26N4O4S. The molecule has 8 nitrogen and oxygen atoms in total. The van der Waals surface area contributed by atoms with Gasteiger partial charge in [0.05, 0.1) is 30.5 Å². The van der Waals surface area contributed by atoms with E-state index in [1.165, 1.54) is 7.11 Å². The van der Waals surface area contributed by atoms with Crippen LogP contribution in [0.4, 0.5) is 5.69 Å². The zero-order valence-corrected chi connectivity index (χ0v) is 22.0. The number of thiocarbonyl (C=S) groups is 1. The number of hydrogen-bond donors (Lipinski definition) is 1. The number of rotatable bonds is 5. The Morgan fingerprint density at radius 3 is 2.66 bits per heavy atom. The highest BCUT2D eigenvalue weighted by Gasteiger charge is 2.42. The molecule has 0 radical (unpaired) electrons. The van der Waals surface area contributed by atoms with Gasteiger partial charge in [-0.15, -0.1) is 0 Å². The van der Waals surface area contributed by atoms with Crippen LogP contribution < -0.4 is 19.7 Å². The fourth-order valence-corrected chi connectivity index (χ4v) is 5.70. The van der Waals surface area contributed by atoms with Crippen LogP contribution in [0.15, 0.2) is 72.9 Å². The summed E-state index contributed by atoms with van der Waals surface area (Å²) in [5.41, 5.74) is 6.32. The van der Waals surface area contributed by atoms with Crippen molar-refractivity contribution < 1.29 is 19.0 Å². The highest BCUT2D eigenvalue weighted by molar-refractivity contribution is 7.80. The van der Waals surface area contributed by atoms with Crippen molar-refractivity contribution in [1.82, 2.24) is 14.9 Å². The van der Waals surface area contributed by atoms with Gasteiger partial charge in [-0.2, -0.15) is 0 Å². The van der Waals surface area contributed by atoms with Crippen LogP contribution in [0.1, 0.15) is 45.1 Å².